The van der Waals surface area contributed by atoms with E-state index in [9.17, 15) is 4.57 Å². The molecule has 3 heterocycles. The van der Waals surface area contributed by atoms with Crippen molar-refractivity contribution in [1.82, 2.24) is 19.9 Å². The molecule has 222 valence electrons. The first-order chi connectivity index (χ1) is 20.6. The second-order valence-electron chi connectivity index (χ2n) is 11.5. The molecule has 6 rings (SSSR count). The van der Waals surface area contributed by atoms with Gasteiger partial charge >= 0.3 is 0 Å². The van der Waals surface area contributed by atoms with Crippen LogP contribution in [0.2, 0.25) is 0 Å². The lowest BCUT2D eigenvalue weighted by Gasteiger charge is -2.35. The molecule has 2 aromatic carbocycles. The largest absolute Gasteiger partial charge is 0.495 e. The molecule has 1 aliphatic carbocycles. The molecular formula is C31H34BrN8O2P. The number of pyridine rings is 1. The van der Waals surface area contributed by atoms with Crippen molar-refractivity contribution in [2.75, 3.05) is 69.2 Å². The zero-order valence-electron chi connectivity index (χ0n) is 24.7. The maximum absolute atomic E-state index is 13.6. The lowest BCUT2D eigenvalue weighted by molar-refractivity contribution is 0.313. The van der Waals surface area contributed by atoms with E-state index in [2.05, 4.69) is 59.3 Å². The van der Waals surface area contributed by atoms with Gasteiger partial charge in [0.1, 0.15) is 18.7 Å². The molecule has 43 heavy (non-hydrogen) atoms. The third kappa shape index (κ3) is 6.19. The molecule has 1 aliphatic heterocycles. The lowest BCUT2D eigenvalue weighted by Crippen LogP contribution is -2.44. The number of hydrogen-bond acceptors (Lipinski definition) is 9. The Labute approximate surface area is 260 Å². The number of ether oxygens (including phenoxy) is 1. The van der Waals surface area contributed by atoms with Crippen LogP contribution in [0.4, 0.5) is 34.5 Å². The number of fused-ring (bicyclic) bond motifs is 1. The van der Waals surface area contributed by atoms with Crippen molar-refractivity contribution < 1.29 is 9.30 Å². The number of nitrogens with one attached hydrogen (secondary N) is 2. The minimum Gasteiger partial charge on any atom is -0.495 e. The van der Waals surface area contributed by atoms with Crippen molar-refractivity contribution in [1.29, 1.82) is 0 Å². The summed E-state index contributed by atoms with van der Waals surface area (Å²) in [5.41, 5.74) is 4.64. The van der Waals surface area contributed by atoms with Crippen LogP contribution in [0, 0.1) is 6.57 Å². The van der Waals surface area contributed by atoms with Gasteiger partial charge in [-0.1, -0.05) is 6.07 Å². The molecule has 10 nitrogen and oxygen atoms in total. The predicted octanol–water partition coefficient (Wildman–Crippen LogP) is 6.71. The Kier molecular flexibility index (Phi) is 8.03. The minimum atomic E-state index is -2.71. The molecule has 0 atom stereocenters. The molecule has 4 aromatic rings. The zero-order chi connectivity index (χ0) is 30.3. The second kappa shape index (κ2) is 11.8. The fourth-order valence-electron chi connectivity index (χ4n) is 5.47. The summed E-state index contributed by atoms with van der Waals surface area (Å²) in [6.07, 6.45) is 4.00. The van der Waals surface area contributed by atoms with E-state index in [1.807, 2.05) is 24.3 Å². The molecule has 2 fully saturated rings. The summed E-state index contributed by atoms with van der Waals surface area (Å²) in [6.45, 7) is 14.9. The van der Waals surface area contributed by atoms with Crippen molar-refractivity contribution in [3.63, 3.8) is 0 Å². The van der Waals surface area contributed by atoms with E-state index in [1.54, 1.807) is 32.7 Å². The third-order valence-electron chi connectivity index (χ3n) is 7.90. The SMILES string of the molecule is [C-]#[N+]c1cc(Nc2ncc(Br)c(Nc3ccc4nc(C5CC5)ccc4c3P(C)(C)=O)n2)c(OC)cc1N1CCN(C)CC1. The number of rotatable bonds is 8. The van der Waals surface area contributed by atoms with Gasteiger partial charge < -0.3 is 29.7 Å². The molecule has 0 unspecified atom stereocenters. The van der Waals surface area contributed by atoms with Gasteiger partial charge in [-0.15, -0.1) is 0 Å². The van der Waals surface area contributed by atoms with Crippen molar-refractivity contribution in [2.45, 2.75) is 18.8 Å². The molecular weight excluding hydrogens is 627 g/mol. The lowest BCUT2D eigenvalue weighted by atomic mass is 10.1. The number of anilines is 5. The predicted molar refractivity (Wildman–Crippen MR) is 178 cm³/mol. The number of methoxy groups -OCH3 is 1. The van der Waals surface area contributed by atoms with E-state index in [4.69, 9.17) is 21.3 Å². The van der Waals surface area contributed by atoms with E-state index in [-0.39, 0.29) is 0 Å². The van der Waals surface area contributed by atoms with Gasteiger partial charge in [0.25, 0.3) is 0 Å². The molecule has 1 saturated heterocycles. The first-order valence-electron chi connectivity index (χ1n) is 14.2. The Morgan fingerprint density at radius 2 is 1.81 bits per heavy atom. The van der Waals surface area contributed by atoms with Crippen molar-refractivity contribution in [2.24, 2.45) is 0 Å². The quantitative estimate of drug-likeness (QED) is 0.158. The number of hydrogen-bond donors (Lipinski definition) is 2. The third-order valence-corrected chi connectivity index (χ3v) is 10.0. The van der Waals surface area contributed by atoms with E-state index in [0.29, 0.717) is 45.0 Å². The highest BCUT2D eigenvalue weighted by Crippen LogP contribution is 2.44. The minimum absolute atomic E-state index is 0.321. The van der Waals surface area contributed by atoms with Crippen LogP contribution < -0.4 is 25.6 Å². The number of halogens is 1. The van der Waals surface area contributed by atoms with Crippen molar-refractivity contribution >= 4 is 73.8 Å². The zero-order valence-corrected chi connectivity index (χ0v) is 27.2. The van der Waals surface area contributed by atoms with Crippen molar-refractivity contribution in [3.05, 3.63) is 64.2 Å². The standard InChI is InChI=1S/C31H34BrN8O2P/c1-33-25-16-26(28(42-3)17-27(25)40-14-12-39(2)13-15-40)37-31-34-18-21(32)30(38-31)36-24-11-10-23-20(29(24)43(4,5)41)8-9-22(35-23)19-6-7-19/h8-11,16-19H,6-7,12-15H2,2-5H3,(H2,34,36,37,38). The van der Waals surface area contributed by atoms with Gasteiger partial charge in [-0.3, -0.25) is 4.98 Å². The number of likely N-dealkylation sites (N-methyl/N-ethyl adjacent to an activating group) is 1. The maximum Gasteiger partial charge on any atom is 0.229 e. The van der Waals surface area contributed by atoms with Crippen LogP contribution in [0.5, 0.6) is 5.75 Å². The van der Waals surface area contributed by atoms with E-state index in [1.165, 1.54) is 12.8 Å². The van der Waals surface area contributed by atoms with Gasteiger partial charge in [0, 0.05) is 60.4 Å². The average Bonchev–Trinajstić information content (AvgIpc) is 3.84. The van der Waals surface area contributed by atoms with E-state index in [0.717, 1.165) is 53.8 Å². The molecule has 2 aliphatic rings. The fraction of sp³-hybridized carbons (Fsp3) is 0.355. The van der Waals surface area contributed by atoms with Gasteiger partial charge in [-0.05, 0) is 79.5 Å². The molecule has 12 heteroatoms. The summed E-state index contributed by atoms with van der Waals surface area (Å²) in [6, 6.07) is 11.7. The molecule has 0 radical (unpaired) electrons. The Bertz CT molecular complexity index is 1790. The Balaban J connectivity index is 1.32. The highest BCUT2D eigenvalue weighted by Gasteiger charge is 2.27. The summed E-state index contributed by atoms with van der Waals surface area (Å²) in [5.74, 6) is 1.96. The first-order valence-corrected chi connectivity index (χ1v) is 17.6. The maximum atomic E-state index is 13.6. The van der Waals surface area contributed by atoms with Gasteiger partial charge in [0.2, 0.25) is 11.6 Å². The van der Waals surface area contributed by atoms with Crippen molar-refractivity contribution in [3.8, 4) is 5.75 Å². The van der Waals surface area contributed by atoms with Gasteiger partial charge in [0.15, 0.2) is 0 Å². The average molecular weight is 662 g/mol. The highest BCUT2D eigenvalue weighted by molar-refractivity contribution is 9.10. The van der Waals surface area contributed by atoms with Crippen LogP contribution in [0.1, 0.15) is 24.5 Å². The summed E-state index contributed by atoms with van der Waals surface area (Å²) in [4.78, 5) is 22.4. The Morgan fingerprint density at radius 1 is 1.05 bits per heavy atom. The number of aromatic nitrogens is 3. The second-order valence-corrected chi connectivity index (χ2v) is 15.5. The monoisotopic (exact) mass is 660 g/mol. The Hall–Kier alpha value is -3.71. The topological polar surface area (TPSA) is 99.9 Å². The number of piperazine rings is 1. The normalized spacial score (nSPS) is 15.8. The molecule has 2 N–H and O–H groups in total. The van der Waals surface area contributed by atoms with Crippen LogP contribution in [0.15, 0.2) is 47.1 Å². The first kappa shape index (κ1) is 29.4. The van der Waals surface area contributed by atoms with Gasteiger partial charge in [0.05, 0.1) is 35.0 Å². The van der Waals surface area contributed by atoms with Crippen LogP contribution >= 0.6 is 23.1 Å². The summed E-state index contributed by atoms with van der Waals surface area (Å²) in [7, 11) is 1.00. The molecule has 2 aromatic heterocycles. The van der Waals surface area contributed by atoms with E-state index < -0.39 is 7.14 Å². The van der Waals surface area contributed by atoms with Crippen LogP contribution in [0.3, 0.4) is 0 Å². The van der Waals surface area contributed by atoms with Crippen LogP contribution in [-0.4, -0.2) is 73.5 Å². The molecule has 0 amide bonds. The van der Waals surface area contributed by atoms with E-state index >= 15 is 0 Å². The summed E-state index contributed by atoms with van der Waals surface area (Å²) < 4.78 is 20.0. The fourth-order valence-corrected chi connectivity index (χ4v) is 7.24. The summed E-state index contributed by atoms with van der Waals surface area (Å²) >= 11 is 3.57. The Morgan fingerprint density at radius 3 is 2.49 bits per heavy atom. The smallest absolute Gasteiger partial charge is 0.229 e. The summed E-state index contributed by atoms with van der Waals surface area (Å²) in [5, 5.41) is 8.25. The number of benzene rings is 2. The molecule has 1 saturated carbocycles. The van der Waals surface area contributed by atoms with Crippen LogP contribution in [0.25, 0.3) is 15.7 Å². The van der Waals surface area contributed by atoms with Gasteiger partial charge in [-0.2, -0.15) is 4.98 Å². The molecule has 0 spiro atoms. The van der Waals surface area contributed by atoms with Crippen LogP contribution in [-0.2, 0) is 4.57 Å². The van der Waals surface area contributed by atoms with Gasteiger partial charge in [-0.25, -0.2) is 9.83 Å². The number of nitrogens with zero attached hydrogens (tertiary/aromatic N) is 6. The highest BCUT2D eigenvalue weighted by atomic mass is 79.9. The molecule has 0 bridgehead atoms.